The predicted octanol–water partition coefficient (Wildman–Crippen LogP) is 1.64. The summed E-state index contributed by atoms with van der Waals surface area (Å²) in [7, 11) is 0. The van der Waals surface area contributed by atoms with Gasteiger partial charge >= 0.3 is 0 Å². The highest BCUT2D eigenvalue weighted by atomic mass is 14.7. The van der Waals surface area contributed by atoms with Crippen LogP contribution < -0.4 is 5.73 Å². The number of rotatable bonds is 2. The zero-order valence-electron chi connectivity index (χ0n) is 6.20. The van der Waals surface area contributed by atoms with Gasteiger partial charge in [0.15, 0.2) is 0 Å². The molecule has 0 bridgehead atoms. The Hall–Kier alpha value is -1.57. The standard InChI is InChI=1S/C9H10N2/c1-11-7-9(10)8-5-3-2-4-6-8/h2-7H,1,10H2/b9-7-. The molecule has 0 unspecified atom stereocenters. The Morgan fingerprint density at radius 1 is 1.36 bits per heavy atom. The Bertz CT molecular complexity index is 262. The van der Waals surface area contributed by atoms with Crippen LogP contribution in [-0.2, 0) is 0 Å². The van der Waals surface area contributed by atoms with Gasteiger partial charge in [0.25, 0.3) is 0 Å². The fourth-order valence-electron chi connectivity index (χ4n) is 0.803. The lowest BCUT2D eigenvalue weighted by molar-refractivity contribution is 1.47. The summed E-state index contributed by atoms with van der Waals surface area (Å²) in [6.45, 7) is 3.32. The summed E-state index contributed by atoms with van der Waals surface area (Å²) in [5.41, 5.74) is 7.24. The number of hydrogen-bond donors (Lipinski definition) is 1. The molecule has 1 aromatic rings. The molecule has 0 saturated heterocycles. The monoisotopic (exact) mass is 146 g/mol. The first-order valence-corrected chi connectivity index (χ1v) is 3.31. The molecule has 0 atom stereocenters. The van der Waals surface area contributed by atoms with Gasteiger partial charge in [0.1, 0.15) is 0 Å². The summed E-state index contributed by atoms with van der Waals surface area (Å²) in [6.07, 6.45) is 1.54. The van der Waals surface area contributed by atoms with E-state index in [1.807, 2.05) is 30.3 Å². The molecule has 11 heavy (non-hydrogen) atoms. The summed E-state index contributed by atoms with van der Waals surface area (Å²) in [5, 5.41) is 0. The van der Waals surface area contributed by atoms with E-state index in [9.17, 15) is 0 Å². The Labute approximate surface area is 66.1 Å². The molecular weight excluding hydrogens is 136 g/mol. The van der Waals surface area contributed by atoms with Gasteiger partial charge < -0.3 is 5.73 Å². The van der Waals surface area contributed by atoms with Crippen molar-refractivity contribution in [3.63, 3.8) is 0 Å². The van der Waals surface area contributed by atoms with E-state index in [0.717, 1.165) is 5.56 Å². The third-order valence-corrected chi connectivity index (χ3v) is 1.34. The average molecular weight is 146 g/mol. The van der Waals surface area contributed by atoms with E-state index in [-0.39, 0.29) is 0 Å². The van der Waals surface area contributed by atoms with Gasteiger partial charge in [0.2, 0.25) is 0 Å². The van der Waals surface area contributed by atoms with Gasteiger partial charge in [-0.1, -0.05) is 30.3 Å². The van der Waals surface area contributed by atoms with E-state index in [0.29, 0.717) is 5.70 Å². The molecule has 0 aliphatic rings. The third kappa shape index (κ3) is 1.93. The second-order valence-electron chi connectivity index (χ2n) is 2.13. The molecule has 2 N–H and O–H groups in total. The lowest BCUT2D eigenvalue weighted by Crippen LogP contribution is -1.94. The minimum atomic E-state index is 0.639. The molecule has 2 heteroatoms. The van der Waals surface area contributed by atoms with E-state index in [1.54, 1.807) is 0 Å². The van der Waals surface area contributed by atoms with Crippen molar-refractivity contribution < 1.29 is 0 Å². The average Bonchev–Trinajstić information content (AvgIpc) is 2.07. The molecule has 0 saturated carbocycles. The van der Waals surface area contributed by atoms with Crippen molar-refractivity contribution in [1.29, 1.82) is 0 Å². The molecule has 56 valence electrons. The highest BCUT2D eigenvalue weighted by molar-refractivity contribution is 5.62. The smallest absolute Gasteiger partial charge is 0.0573 e. The second-order valence-corrected chi connectivity index (χ2v) is 2.13. The van der Waals surface area contributed by atoms with Gasteiger partial charge in [-0.2, -0.15) is 0 Å². The molecule has 0 aliphatic carbocycles. The molecule has 0 amide bonds. The van der Waals surface area contributed by atoms with Gasteiger partial charge in [-0.3, -0.25) is 4.99 Å². The first-order chi connectivity index (χ1) is 5.34. The minimum Gasteiger partial charge on any atom is -0.397 e. The maximum Gasteiger partial charge on any atom is 0.0573 e. The van der Waals surface area contributed by atoms with Crippen molar-refractivity contribution in [2.45, 2.75) is 0 Å². The zero-order chi connectivity index (χ0) is 8.10. The Kier molecular flexibility index (Phi) is 2.44. The summed E-state index contributed by atoms with van der Waals surface area (Å²) in [4.78, 5) is 3.57. The molecule has 0 fully saturated rings. The zero-order valence-corrected chi connectivity index (χ0v) is 6.20. The Morgan fingerprint density at radius 2 is 2.00 bits per heavy atom. The molecular formula is C9H10N2. The van der Waals surface area contributed by atoms with Crippen molar-refractivity contribution in [3.8, 4) is 0 Å². The molecule has 0 aromatic heterocycles. The van der Waals surface area contributed by atoms with E-state index < -0.39 is 0 Å². The number of nitrogens with zero attached hydrogens (tertiary/aromatic N) is 1. The van der Waals surface area contributed by atoms with Gasteiger partial charge in [0, 0.05) is 6.20 Å². The summed E-state index contributed by atoms with van der Waals surface area (Å²) in [6, 6.07) is 9.66. The van der Waals surface area contributed by atoms with Crippen LogP contribution in [0.4, 0.5) is 0 Å². The van der Waals surface area contributed by atoms with Gasteiger partial charge in [0.05, 0.1) is 5.70 Å². The Balaban J connectivity index is 2.94. The van der Waals surface area contributed by atoms with Crippen molar-refractivity contribution in [2.24, 2.45) is 10.7 Å². The van der Waals surface area contributed by atoms with Crippen LogP contribution in [0.5, 0.6) is 0 Å². The SMILES string of the molecule is C=N/C=C(\N)c1ccccc1. The molecule has 0 spiro atoms. The highest BCUT2D eigenvalue weighted by Gasteiger charge is 1.91. The topological polar surface area (TPSA) is 38.4 Å². The van der Waals surface area contributed by atoms with Crippen LogP contribution in [0.3, 0.4) is 0 Å². The summed E-state index contributed by atoms with van der Waals surface area (Å²) < 4.78 is 0. The fraction of sp³-hybridized carbons (Fsp3) is 0. The quantitative estimate of drug-likeness (QED) is 0.633. The molecule has 0 heterocycles. The van der Waals surface area contributed by atoms with Crippen molar-refractivity contribution in [3.05, 3.63) is 42.1 Å². The van der Waals surface area contributed by atoms with Crippen LogP contribution in [0.1, 0.15) is 5.56 Å². The highest BCUT2D eigenvalue weighted by Crippen LogP contribution is 2.06. The van der Waals surface area contributed by atoms with E-state index >= 15 is 0 Å². The van der Waals surface area contributed by atoms with E-state index in [2.05, 4.69) is 11.7 Å². The van der Waals surface area contributed by atoms with E-state index in [4.69, 9.17) is 5.73 Å². The van der Waals surface area contributed by atoms with Gasteiger partial charge in [-0.05, 0) is 12.3 Å². The molecule has 0 radical (unpaired) electrons. The lowest BCUT2D eigenvalue weighted by Gasteiger charge is -1.97. The van der Waals surface area contributed by atoms with Crippen LogP contribution in [0, 0.1) is 0 Å². The number of benzene rings is 1. The minimum absolute atomic E-state index is 0.639. The number of nitrogens with two attached hydrogens (primary N) is 1. The maximum absolute atomic E-state index is 5.63. The summed E-state index contributed by atoms with van der Waals surface area (Å²) >= 11 is 0. The van der Waals surface area contributed by atoms with Gasteiger partial charge in [-0.15, -0.1) is 0 Å². The molecule has 1 aromatic carbocycles. The predicted molar refractivity (Wildman–Crippen MR) is 48.2 cm³/mol. The van der Waals surface area contributed by atoms with Crippen LogP contribution >= 0.6 is 0 Å². The lowest BCUT2D eigenvalue weighted by atomic mass is 10.2. The second kappa shape index (κ2) is 3.56. The van der Waals surface area contributed by atoms with Crippen LogP contribution in [0.2, 0.25) is 0 Å². The van der Waals surface area contributed by atoms with Gasteiger partial charge in [-0.25, -0.2) is 0 Å². The normalized spacial score (nSPS) is 11.1. The van der Waals surface area contributed by atoms with Crippen LogP contribution in [0.25, 0.3) is 5.70 Å². The third-order valence-electron chi connectivity index (χ3n) is 1.34. The first kappa shape index (κ1) is 7.54. The van der Waals surface area contributed by atoms with E-state index in [1.165, 1.54) is 6.20 Å². The van der Waals surface area contributed by atoms with Crippen molar-refractivity contribution in [2.75, 3.05) is 0 Å². The first-order valence-electron chi connectivity index (χ1n) is 3.31. The fourth-order valence-corrected chi connectivity index (χ4v) is 0.803. The molecule has 2 nitrogen and oxygen atoms in total. The number of hydrogen-bond acceptors (Lipinski definition) is 2. The summed E-state index contributed by atoms with van der Waals surface area (Å²) in [5.74, 6) is 0. The molecule has 1 rings (SSSR count). The van der Waals surface area contributed by atoms with Crippen molar-refractivity contribution >= 4 is 12.4 Å². The maximum atomic E-state index is 5.63. The Morgan fingerprint density at radius 3 is 2.55 bits per heavy atom. The molecule has 0 aliphatic heterocycles. The van der Waals surface area contributed by atoms with Crippen LogP contribution in [0.15, 0.2) is 41.5 Å². The largest absolute Gasteiger partial charge is 0.397 e. The van der Waals surface area contributed by atoms with Crippen molar-refractivity contribution in [1.82, 2.24) is 0 Å². The van der Waals surface area contributed by atoms with Crippen LogP contribution in [-0.4, -0.2) is 6.72 Å². The number of aliphatic imine (C=N–C) groups is 1.